The molecule has 34 heavy (non-hydrogen) atoms. The Morgan fingerprint density at radius 3 is 2.53 bits per heavy atom. The van der Waals surface area contributed by atoms with Crippen LogP contribution in [0.5, 0.6) is 5.75 Å². The van der Waals surface area contributed by atoms with E-state index < -0.39 is 11.2 Å². The zero-order valence-corrected chi connectivity index (χ0v) is 21.5. The maximum atomic E-state index is 12.3. The summed E-state index contributed by atoms with van der Waals surface area (Å²) in [4.78, 5) is 23.1. The van der Waals surface area contributed by atoms with Crippen LogP contribution in [0.4, 0.5) is 5.82 Å². The number of amides is 1. The van der Waals surface area contributed by atoms with Crippen LogP contribution >= 0.6 is 31.9 Å². The van der Waals surface area contributed by atoms with Crippen molar-refractivity contribution < 1.29 is 19.2 Å². The summed E-state index contributed by atoms with van der Waals surface area (Å²) in [5, 5.41) is 21.0. The number of rotatable bonds is 6. The fourth-order valence-corrected chi connectivity index (χ4v) is 4.20. The number of hydrogen-bond acceptors (Lipinski definition) is 7. The Morgan fingerprint density at radius 2 is 1.94 bits per heavy atom. The van der Waals surface area contributed by atoms with E-state index in [1.165, 1.54) is 23.7 Å². The number of nitro groups is 1. The highest BCUT2D eigenvalue weighted by Gasteiger charge is 2.34. The number of hydrogen-bond donors (Lipinski definition) is 0. The fourth-order valence-electron chi connectivity index (χ4n) is 3.51. The van der Waals surface area contributed by atoms with Gasteiger partial charge < -0.3 is 19.6 Å². The molecule has 1 amide bonds. The molecular weight excluding hydrogens is 574 g/mol. The normalized spacial score (nSPS) is 15.1. The summed E-state index contributed by atoms with van der Waals surface area (Å²) in [6.07, 6.45) is -0.777. The molecule has 0 N–H and O–H groups in total. The maximum Gasteiger partial charge on any atom is 0.404 e. The second kappa shape index (κ2) is 9.55. The molecule has 0 unspecified atom stereocenters. The van der Waals surface area contributed by atoms with E-state index in [0.29, 0.717) is 32.9 Å². The minimum absolute atomic E-state index is 0.211. The van der Waals surface area contributed by atoms with Gasteiger partial charge in [0, 0.05) is 28.1 Å². The summed E-state index contributed by atoms with van der Waals surface area (Å²) in [5.41, 5.74) is 2.70. The Hall–Kier alpha value is -3.25. The number of aromatic nitrogens is 2. The maximum absolute atomic E-state index is 12.3. The number of carbonyl (C=O) groups excluding carboxylic acids is 1. The topological polar surface area (TPSA) is 112 Å². The molecule has 0 bridgehead atoms. The van der Waals surface area contributed by atoms with Crippen LogP contribution < -0.4 is 4.74 Å². The zero-order chi connectivity index (χ0) is 24.6. The molecule has 12 heteroatoms. The van der Waals surface area contributed by atoms with Crippen molar-refractivity contribution in [2.24, 2.45) is 5.10 Å². The molecule has 1 atom stereocenters. The van der Waals surface area contributed by atoms with E-state index in [1.54, 1.807) is 19.1 Å². The minimum atomic E-state index is -0.777. The van der Waals surface area contributed by atoms with Crippen LogP contribution in [0.2, 0.25) is 0 Å². The summed E-state index contributed by atoms with van der Waals surface area (Å²) in [7, 11) is 1.54. The van der Waals surface area contributed by atoms with Gasteiger partial charge in [0.1, 0.15) is 10.2 Å². The molecule has 0 radical (unpaired) electrons. The molecular formula is C22H19Br2N5O5. The van der Waals surface area contributed by atoms with Crippen molar-refractivity contribution in [3.63, 3.8) is 0 Å². The number of nitrogens with zero attached hydrogens (tertiary/aromatic N) is 5. The third-order valence-electron chi connectivity index (χ3n) is 5.26. The smallest absolute Gasteiger partial charge is 0.404 e. The van der Waals surface area contributed by atoms with Crippen molar-refractivity contribution in [1.29, 1.82) is 0 Å². The number of ether oxygens (including phenoxy) is 2. The molecule has 1 aliphatic heterocycles. The van der Waals surface area contributed by atoms with Crippen LogP contribution in [-0.2, 0) is 16.1 Å². The first-order valence-corrected chi connectivity index (χ1v) is 11.6. The highest BCUT2D eigenvalue weighted by Crippen LogP contribution is 2.34. The second-order valence-electron chi connectivity index (χ2n) is 7.45. The molecule has 10 nitrogen and oxygen atoms in total. The largest absolute Gasteiger partial charge is 0.496 e. The van der Waals surface area contributed by atoms with Crippen LogP contribution in [0.3, 0.4) is 0 Å². The number of carbonyl (C=O) groups is 1. The van der Waals surface area contributed by atoms with Crippen molar-refractivity contribution in [2.45, 2.75) is 26.6 Å². The van der Waals surface area contributed by atoms with Crippen LogP contribution in [0.25, 0.3) is 0 Å². The average molecular weight is 593 g/mol. The monoisotopic (exact) mass is 591 g/mol. The van der Waals surface area contributed by atoms with Gasteiger partial charge in [-0.25, -0.2) is 0 Å². The molecule has 0 spiro atoms. The standard InChI is InChI=1S/C22H19Br2N5O5/c1-12-19(24)20(29(31)32)25-27(12)11-16-10-15(6-9-18(16)33-3)22-28(13(2)30)26-21(34-22)14-4-7-17(23)8-5-14/h4-10,22H,11H2,1-3H3/t22-/m1/s1. The first-order chi connectivity index (χ1) is 16.2. The Labute approximate surface area is 211 Å². The Balaban J connectivity index is 1.68. The Bertz CT molecular complexity index is 1310. The van der Waals surface area contributed by atoms with E-state index in [1.807, 2.05) is 30.3 Å². The van der Waals surface area contributed by atoms with Gasteiger partial charge in [0.05, 0.1) is 24.4 Å². The molecule has 0 saturated carbocycles. The molecule has 1 aromatic heterocycles. The predicted octanol–water partition coefficient (Wildman–Crippen LogP) is 4.92. The summed E-state index contributed by atoms with van der Waals surface area (Å²) in [6.45, 7) is 3.36. The molecule has 4 rings (SSSR count). The fraction of sp³-hybridized carbons (Fsp3) is 0.227. The first kappa shape index (κ1) is 23.9. The molecule has 0 saturated heterocycles. The van der Waals surface area contributed by atoms with E-state index in [2.05, 4.69) is 42.1 Å². The van der Waals surface area contributed by atoms with Gasteiger partial charge in [0.15, 0.2) is 0 Å². The first-order valence-electron chi connectivity index (χ1n) is 10.0. The van der Waals surface area contributed by atoms with Gasteiger partial charge in [-0.2, -0.15) is 9.69 Å². The minimum Gasteiger partial charge on any atom is -0.496 e. The summed E-state index contributed by atoms with van der Waals surface area (Å²) in [5.74, 6) is 0.352. The molecule has 0 aliphatic carbocycles. The second-order valence-corrected chi connectivity index (χ2v) is 9.16. The van der Waals surface area contributed by atoms with Crippen LogP contribution in [0, 0.1) is 17.0 Å². The predicted molar refractivity (Wildman–Crippen MR) is 130 cm³/mol. The van der Waals surface area contributed by atoms with E-state index in [4.69, 9.17) is 9.47 Å². The lowest BCUT2D eigenvalue weighted by atomic mass is 10.1. The molecule has 2 heterocycles. The third-order valence-corrected chi connectivity index (χ3v) is 6.71. The number of hydrazone groups is 1. The van der Waals surface area contributed by atoms with Crippen molar-refractivity contribution in [3.8, 4) is 5.75 Å². The van der Waals surface area contributed by atoms with Crippen LogP contribution in [0.15, 0.2) is 56.5 Å². The van der Waals surface area contributed by atoms with E-state index in [0.717, 1.165) is 10.0 Å². The average Bonchev–Trinajstić information content (AvgIpc) is 3.37. The Kier molecular flexibility index (Phi) is 6.71. The number of halogens is 2. The van der Waals surface area contributed by atoms with Crippen molar-refractivity contribution >= 4 is 49.5 Å². The molecule has 176 valence electrons. The lowest BCUT2D eigenvalue weighted by Crippen LogP contribution is -2.25. The van der Waals surface area contributed by atoms with E-state index in [9.17, 15) is 14.9 Å². The molecule has 1 aliphatic rings. The van der Waals surface area contributed by atoms with E-state index in [-0.39, 0.29) is 18.3 Å². The van der Waals surface area contributed by atoms with Gasteiger partial charge >= 0.3 is 5.82 Å². The molecule has 2 aromatic carbocycles. The van der Waals surface area contributed by atoms with Crippen molar-refractivity contribution in [3.05, 3.63) is 83.9 Å². The van der Waals surface area contributed by atoms with Gasteiger partial charge in [0.2, 0.25) is 18.0 Å². The van der Waals surface area contributed by atoms with Crippen molar-refractivity contribution in [1.82, 2.24) is 14.8 Å². The lowest BCUT2D eigenvalue weighted by molar-refractivity contribution is -0.390. The van der Waals surface area contributed by atoms with Gasteiger partial charge in [-0.1, -0.05) is 15.9 Å². The number of benzene rings is 2. The summed E-state index contributed by atoms with van der Waals surface area (Å²) >= 11 is 6.64. The van der Waals surface area contributed by atoms with Gasteiger partial charge in [-0.3, -0.25) is 4.79 Å². The molecule has 3 aromatic rings. The van der Waals surface area contributed by atoms with Gasteiger partial charge in [0.25, 0.3) is 0 Å². The SMILES string of the molecule is COc1ccc([C@H]2OC(c3ccc(Br)cc3)=NN2C(C)=O)cc1Cn1nc([N+](=O)[O-])c(Br)c1C. The highest BCUT2D eigenvalue weighted by molar-refractivity contribution is 9.10. The summed E-state index contributed by atoms with van der Waals surface area (Å²) in [6, 6.07) is 12.8. The Morgan fingerprint density at radius 1 is 1.24 bits per heavy atom. The highest BCUT2D eigenvalue weighted by atomic mass is 79.9. The summed E-state index contributed by atoms with van der Waals surface area (Å²) < 4.78 is 14.3. The molecule has 0 fully saturated rings. The van der Waals surface area contributed by atoms with E-state index >= 15 is 0 Å². The van der Waals surface area contributed by atoms with Gasteiger partial charge in [-0.15, -0.1) is 5.10 Å². The zero-order valence-electron chi connectivity index (χ0n) is 18.4. The lowest BCUT2D eigenvalue weighted by Gasteiger charge is -2.20. The third kappa shape index (κ3) is 4.55. The van der Waals surface area contributed by atoms with Crippen LogP contribution in [-0.4, -0.2) is 38.6 Å². The van der Waals surface area contributed by atoms with Crippen molar-refractivity contribution in [2.75, 3.05) is 7.11 Å². The number of methoxy groups -OCH3 is 1. The quantitative estimate of drug-likeness (QED) is 0.297. The van der Waals surface area contributed by atoms with Gasteiger partial charge in [-0.05, 0) is 70.2 Å². The van der Waals surface area contributed by atoms with Crippen LogP contribution in [0.1, 0.15) is 35.5 Å².